The molecule has 0 bridgehead atoms. The number of hydrogen-bond acceptors (Lipinski definition) is 5. The van der Waals surface area contributed by atoms with E-state index in [0.717, 1.165) is 33.9 Å². The molecule has 0 saturated carbocycles. The second-order valence-corrected chi connectivity index (χ2v) is 8.10. The van der Waals surface area contributed by atoms with Crippen LogP contribution in [-0.2, 0) is 13.6 Å². The maximum atomic E-state index is 12.4. The molecule has 33 heavy (non-hydrogen) atoms. The normalized spacial score (nSPS) is 10.9. The molecular weight excluding hydrogens is 414 g/mol. The van der Waals surface area contributed by atoms with Gasteiger partial charge in [0.05, 0.1) is 11.4 Å². The molecule has 0 spiro atoms. The van der Waals surface area contributed by atoms with Gasteiger partial charge in [-0.15, -0.1) is 0 Å². The third-order valence-electron chi connectivity index (χ3n) is 5.31. The van der Waals surface area contributed by atoms with Crippen molar-refractivity contribution in [1.82, 2.24) is 24.8 Å². The van der Waals surface area contributed by atoms with Crippen LogP contribution >= 0.6 is 0 Å². The van der Waals surface area contributed by atoms with Crippen molar-refractivity contribution in [3.8, 4) is 22.5 Å². The molecule has 0 fully saturated rings. The second-order valence-electron chi connectivity index (χ2n) is 8.10. The van der Waals surface area contributed by atoms with E-state index >= 15 is 0 Å². The number of hydrogen-bond donors (Lipinski definition) is 1. The van der Waals surface area contributed by atoms with Crippen molar-refractivity contribution in [2.24, 2.45) is 7.05 Å². The summed E-state index contributed by atoms with van der Waals surface area (Å²) in [6, 6.07) is 16.6. The highest BCUT2D eigenvalue weighted by Gasteiger charge is 2.14. The van der Waals surface area contributed by atoms with Crippen LogP contribution in [0.5, 0.6) is 0 Å². The van der Waals surface area contributed by atoms with Crippen LogP contribution in [0.15, 0.2) is 78.0 Å². The van der Waals surface area contributed by atoms with Crippen molar-refractivity contribution in [2.45, 2.75) is 26.3 Å². The van der Waals surface area contributed by atoms with Crippen molar-refractivity contribution in [1.29, 1.82) is 0 Å². The topological polar surface area (TPSA) is 89.8 Å². The van der Waals surface area contributed by atoms with E-state index in [-0.39, 0.29) is 17.4 Å². The van der Waals surface area contributed by atoms with Gasteiger partial charge in [-0.25, -0.2) is 9.97 Å². The van der Waals surface area contributed by atoms with E-state index < -0.39 is 0 Å². The molecule has 3 heterocycles. The van der Waals surface area contributed by atoms with Gasteiger partial charge in [-0.2, -0.15) is 0 Å². The van der Waals surface area contributed by atoms with E-state index in [1.807, 2.05) is 48.7 Å². The molecule has 166 valence electrons. The third kappa shape index (κ3) is 5.03. The lowest BCUT2D eigenvalue weighted by Crippen LogP contribution is -2.25. The zero-order chi connectivity index (χ0) is 23.4. The van der Waals surface area contributed by atoms with Gasteiger partial charge in [-0.3, -0.25) is 14.6 Å². The number of aryl methyl sites for hydroxylation is 1. The van der Waals surface area contributed by atoms with Crippen molar-refractivity contribution < 1.29 is 4.79 Å². The highest BCUT2D eigenvalue weighted by molar-refractivity contribution is 5.93. The van der Waals surface area contributed by atoms with Crippen LogP contribution in [0.1, 0.15) is 41.5 Å². The summed E-state index contributed by atoms with van der Waals surface area (Å²) in [5.41, 5.74) is 4.51. The monoisotopic (exact) mass is 439 g/mol. The average molecular weight is 440 g/mol. The van der Waals surface area contributed by atoms with Gasteiger partial charge in [0.15, 0.2) is 0 Å². The quantitative estimate of drug-likeness (QED) is 0.491. The smallest absolute Gasteiger partial charge is 0.251 e. The molecule has 7 heteroatoms. The average Bonchev–Trinajstić information content (AvgIpc) is 2.84. The lowest BCUT2D eigenvalue weighted by atomic mass is 10.0. The summed E-state index contributed by atoms with van der Waals surface area (Å²) in [5, 5.41) is 2.86. The van der Waals surface area contributed by atoms with Crippen molar-refractivity contribution in [2.75, 3.05) is 0 Å². The van der Waals surface area contributed by atoms with Gasteiger partial charge >= 0.3 is 0 Å². The number of aromatic nitrogens is 4. The van der Waals surface area contributed by atoms with Gasteiger partial charge in [0.1, 0.15) is 5.82 Å². The predicted octanol–water partition coefficient (Wildman–Crippen LogP) is 3.96. The van der Waals surface area contributed by atoms with Gasteiger partial charge < -0.3 is 9.88 Å². The SMILES string of the molecule is CC(C)c1ncc(-c2ccccn2)c(-c2ccc(CNC(=O)c3ccn(C)c(=O)c3)cc2)n1. The first-order valence-electron chi connectivity index (χ1n) is 10.7. The van der Waals surface area contributed by atoms with E-state index in [0.29, 0.717) is 12.1 Å². The highest BCUT2D eigenvalue weighted by atomic mass is 16.2. The Kier molecular flexibility index (Phi) is 6.40. The van der Waals surface area contributed by atoms with E-state index in [1.165, 1.54) is 10.6 Å². The Morgan fingerprint density at radius 3 is 2.52 bits per heavy atom. The summed E-state index contributed by atoms with van der Waals surface area (Å²) >= 11 is 0. The van der Waals surface area contributed by atoms with E-state index in [9.17, 15) is 9.59 Å². The maximum absolute atomic E-state index is 12.4. The van der Waals surface area contributed by atoms with Gasteiger partial charge in [-0.1, -0.05) is 44.2 Å². The van der Waals surface area contributed by atoms with Crippen LogP contribution in [-0.4, -0.2) is 25.4 Å². The molecule has 0 atom stereocenters. The van der Waals surface area contributed by atoms with Gasteiger partial charge in [-0.05, 0) is 23.8 Å². The van der Waals surface area contributed by atoms with Crippen molar-refractivity contribution in [3.05, 3.63) is 100 Å². The largest absolute Gasteiger partial charge is 0.348 e. The summed E-state index contributed by atoms with van der Waals surface area (Å²) in [4.78, 5) is 38.0. The van der Waals surface area contributed by atoms with Crippen LogP contribution in [0.4, 0.5) is 0 Å². The van der Waals surface area contributed by atoms with Crippen LogP contribution in [0.2, 0.25) is 0 Å². The molecule has 0 aliphatic heterocycles. The Balaban J connectivity index is 1.56. The van der Waals surface area contributed by atoms with Crippen LogP contribution in [0, 0.1) is 0 Å². The first-order valence-corrected chi connectivity index (χ1v) is 10.7. The fraction of sp³-hybridized carbons (Fsp3) is 0.192. The zero-order valence-corrected chi connectivity index (χ0v) is 18.8. The lowest BCUT2D eigenvalue weighted by molar-refractivity contribution is 0.0950. The molecule has 3 aromatic heterocycles. The minimum absolute atomic E-state index is 0.200. The molecule has 0 radical (unpaired) electrons. The maximum Gasteiger partial charge on any atom is 0.251 e. The molecule has 1 amide bonds. The Labute approximate surface area is 192 Å². The second kappa shape index (κ2) is 9.56. The number of rotatable bonds is 6. The molecule has 4 rings (SSSR count). The molecule has 0 unspecified atom stereocenters. The first-order chi connectivity index (χ1) is 15.9. The standard InChI is InChI=1S/C26H25N5O2/c1-17(2)25-28-16-21(22-6-4-5-12-27-22)24(30-25)19-9-7-18(8-10-19)15-29-26(33)20-11-13-31(3)23(32)14-20/h4-14,16-17H,15H2,1-3H3,(H,29,33). The fourth-order valence-corrected chi connectivity index (χ4v) is 3.36. The first kappa shape index (κ1) is 22.1. The predicted molar refractivity (Wildman–Crippen MR) is 128 cm³/mol. The number of benzene rings is 1. The number of nitrogens with one attached hydrogen (secondary N) is 1. The Morgan fingerprint density at radius 1 is 1.06 bits per heavy atom. The van der Waals surface area contributed by atoms with Crippen molar-refractivity contribution >= 4 is 5.91 Å². The Morgan fingerprint density at radius 2 is 1.85 bits per heavy atom. The number of nitrogens with zero attached hydrogens (tertiary/aromatic N) is 4. The highest BCUT2D eigenvalue weighted by Crippen LogP contribution is 2.30. The molecule has 1 aromatic carbocycles. The molecular formula is C26H25N5O2. The molecule has 0 saturated heterocycles. The minimum Gasteiger partial charge on any atom is -0.348 e. The van der Waals surface area contributed by atoms with Crippen LogP contribution in [0.25, 0.3) is 22.5 Å². The summed E-state index contributed by atoms with van der Waals surface area (Å²) in [7, 11) is 1.65. The van der Waals surface area contributed by atoms with Gasteiger partial charge in [0.2, 0.25) is 0 Å². The van der Waals surface area contributed by atoms with Gasteiger partial charge in [0, 0.05) is 60.9 Å². The molecule has 0 aliphatic carbocycles. The Hall–Kier alpha value is -4.13. The Bertz CT molecular complexity index is 1330. The molecule has 7 nitrogen and oxygen atoms in total. The summed E-state index contributed by atoms with van der Waals surface area (Å²) in [6.45, 7) is 4.48. The number of carbonyl (C=O) groups excluding carboxylic acids is 1. The summed E-state index contributed by atoms with van der Waals surface area (Å²) in [6.07, 6.45) is 5.17. The summed E-state index contributed by atoms with van der Waals surface area (Å²) < 4.78 is 1.42. The fourth-order valence-electron chi connectivity index (χ4n) is 3.36. The molecule has 4 aromatic rings. The minimum atomic E-state index is -0.286. The van der Waals surface area contributed by atoms with Crippen LogP contribution in [0.3, 0.4) is 0 Å². The molecule has 1 N–H and O–H groups in total. The molecule has 0 aliphatic rings. The van der Waals surface area contributed by atoms with Crippen LogP contribution < -0.4 is 10.9 Å². The number of amides is 1. The third-order valence-corrected chi connectivity index (χ3v) is 5.31. The summed E-state index contributed by atoms with van der Waals surface area (Å²) in [5.74, 6) is 0.687. The van der Waals surface area contributed by atoms with E-state index in [2.05, 4.69) is 29.1 Å². The number of pyridine rings is 2. The zero-order valence-electron chi connectivity index (χ0n) is 18.8. The van der Waals surface area contributed by atoms with Gasteiger partial charge in [0.25, 0.3) is 11.5 Å². The van der Waals surface area contributed by atoms with Crippen molar-refractivity contribution in [3.63, 3.8) is 0 Å². The lowest BCUT2D eigenvalue weighted by Gasteiger charge is -2.12. The van der Waals surface area contributed by atoms with E-state index in [4.69, 9.17) is 4.98 Å². The van der Waals surface area contributed by atoms with E-state index in [1.54, 1.807) is 25.5 Å². The number of carbonyl (C=O) groups is 1.